The minimum absolute atomic E-state index is 0.161. The summed E-state index contributed by atoms with van der Waals surface area (Å²) >= 11 is 0. The fourth-order valence-corrected chi connectivity index (χ4v) is 3.49. The average Bonchev–Trinajstić information content (AvgIpc) is 3.11. The molecule has 0 radical (unpaired) electrons. The van der Waals surface area contributed by atoms with Crippen LogP contribution in [0.15, 0.2) is 54.6 Å². The maximum absolute atomic E-state index is 13.0. The third kappa shape index (κ3) is 4.69. The van der Waals surface area contributed by atoms with Gasteiger partial charge in [-0.15, -0.1) is 0 Å². The molecule has 1 heterocycles. The van der Waals surface area contributed by atoms with Crippen molar-refractivity contribution in [1.82, 2.24) is 15.1 Å². The van der Waals surface area contributed by atoms with Crippen LogP contribution in [0.5, 0.6) is 0 Å². The van der Waals surface area contributed by atoms with Gasteiger partial charge in [0, 0.05) is 16.8 Å². The van der Waals surface area contributed by atoms with Gasteiger partial charge < -0.3 is 14.8 Å². The fraction of sp³-hybridized carbons (Fsp3) is 0.250. The molecule has 0 bridgehead atoms. The number of nitrogens with zero attached hydrogens (tertiary/aromatic N) is 2. The lowest BCUT2D eigenvalue weighted by atomic mass is 10.0. The summed E-state index contributed by atoms with van der Waals surface area (Å²) in [6.07, 6.45) is 0. The number of carbonyl (C=O) groups excluding carboxylic acids is 3. The van der Waals surface area contributed by atoms with Gasteiger partial charge in [-0.05, 0) is 51.1 Å². The van der Waals surface area contributed by atoms with Gasteiger partial charge in [-0.25, -0.2) is 14.3 Å². The molecule has 1 atom stereocenters. The molecule has 0 saturated heterocycles. The second-order valence-corrected chi connectivity index (χ2v) is 7.06. The van der Waals surface area contributed by atoms with Crippen LogP contribution >= 0.6 is 0 Å². The molecule has 166 valence electrons. The van der Waals surface area contributed by atoms with E-state index in [1.54, 1.807) is 36.7 Å². The standard InChI is InChI=1S/C24H25N3O5/c1-5-32-24(30)21(25-22(28)17-10-9-11-18(14-17)23(29)31-4)20-15(2)26-27(16(20)3)19-12-7-6-8-13-19/h6-14,21H,5H2,1-4H3,(H,25,28)/t21-/m1/s1. The van der Waals surface area contributed by atoms with E-state index in [-0.39, 0.29) is 17.7 Å². The molecular weight excluding hydrogens is 410 g/mol. The first-order chi connectivity index (χ1) is 15.4. The van der Waals surface area contributed by atoms with Crippen molar-refractivity contribution >= 4 is 17.8 Å². The predicted molar refractivity (Wildman–Crippen MR) is 118 cm³/mol. The Morgan fingerprint density at radius 2 is 1.72 bits per heavy atom. The smallest absolute Gasteiger partial charge is 0.337 e. The summed E-state index contributed by atoms with van der Waals surface area (Å²) in [6.45, 7) is 5.47. The summed E-state index contributed by atoms with van der Waals surface area (Å²) < 4.78 is 11.7. The molecule has 1 aromatic heterocycles. The number of para-hydroxylation sites is 1. The lowest BCUT2D eigenvalue weighted by Gasteiger charge is -2.18. The molecule has 1 amide bonds. The van der Waals surface area contributed by atoms with Crippen LogP contribution in [0.1, 0.15) is 50.6 Å². The van der Waals surface area contributed by atoms with Gasteiger partial charge in [-0.1, -0.05) is 24.3 Å². The van der Waals surface area contributed by atoms with Gasteiger partial charge in [-0.2, -0.15) is 5.10 Å². The number of hydrogen-bond acceptors (Lipinski definition) is 6. The van der Waals surface area contributed by atoms with Crippen molar-refractivity contribution < 1.29 is 23.9 Å². The molecule has 0 spiro atoms. The Labute approximate surface area is 186 Å². The SMILES string of the molecule is CCOC(=O)[C@H](NC(=O)c1cccc(C(=O)OC)c1)c1c(C)nn(-c2ccccc2)c1C. The highest BCUT2D eigenvalue weighted by Gasteiger charge is 2.31. The highest BCUT2D eigenvalue weighted by Crippen LogP contribution is 2.26. The van der Waals surface area contributed by atoms with E-state index >= 15 is 0 Å². The van der Waals surface area contributed by atoms with Crippen molar-refractivity contribution in [1.29, 1.82) is 0 Å². The molecule has 0 saturated carbocycles. The van der Waals surface area contributed by atoms with Crippen LogP contribution in [0.2, 0.25) is 0 Å². The van der Waals surface area contributed by atoms with Crippen LogP contribution in [-0.4, -0.2) is 41.3 Å². The van der Waals surface area contributed by atoms with E-state index in [9.17, 15) is 14.4 Å². The van der Waals surface area contributed by atoms with E-state index in [1.807, 2.05) is 37.3 Å². The lowest BCUT2D eigenvalue weighted by Crippen LogP contribution is -2.35. The largest absolute Gasteiger partial charge is 0.465 e. The molecule has 2 aromatic carbocycles. The molecule has 1 N–H and O–H groups in total. The van der Waals surface area contributed by atoms with Crippen LogP contribution in [0.25, 0.3) is 5.69 Å². The van der Waals surface area contributed by atoms with Gasteiger partial charge in [0.2, 0.25) is 0 Å². The van der Waals surface area contributed by atoms with E-state index in [0.29, 0.717) is 17.0 Å². The van der Waals surface area contributed by atoms with Gasteiger partial charge in [0.15, 0.2) is 6.04 Å². The van der Waals surface area contributed by atoms with E-state index in [0.717, 1.165) is 5.69 Å². The number of nitrogens with one attached hydrogen (secondary N) is 1. The minimum atomic E-state index is -1.07. The number of ether oxygens (including phenoxy) is 2. The van der Waals surface area contributed by atoms with Crippen molar-refractivity contribution in [2.24, 2.45) is 0 Å². The zero-order chi connectivity index (χ0) is 23.3. The third-order valence-electron chi connectivity index (χ3n) is 4.98. The van der Waals surface area contributed by atoms with Crippen molar-refractivity contribution in [3.8, 4) is 5.69 Å². The summed E-state index contributed by atoms with van der Waals surface area (Å²) in [5.41, 5.74) is 3.14. The number of aryl methyl sites for hydroxylation is 1. The number of amides is 1. The second kappa shape index (κ2) is 9.91. The van der Waals surface area contributed by atoms with E-state index in [2.05, 4.69) is 10.4 Å². The van der Waals surface area contributed by atoms with Crippen LogP contribution in [0.3, 0.4) is 0 Å². The topological polar surface area (TPSA) is 99.5 Å². The first kappa shape index (κ1) is 22.7. The zero-order valence-corrected chi connectivity index (χ0v) is 18.4. The summed E-state index contributed by atoms with van der Waals surface area (Å²) in [5.74, 6) is -1.68. The molecule has 0 aliphatic heterocycles. The molecule has 3 aromatic rings. The maximum atomic E-state index is 13.0. The lowest BCUT2D eigenvalue weighted by molar-refractivity contribution is -0.145. The molecule has 0 fully saturated rings. The van der Waals surface area contributed by atoms with Gasteiger partial charge in [0.1, 0.15) is 0 Å². The van der Waals surface area contributed by atoms with Gasteiger partial charge in [0.25, 0.3) is 5.91 Å². The van der Waals surface area contributed by atoms with Crippen LogP contribution in [0, 0.1) is 13.8 Å². The molecular formula is C24H25N3O5. The molecule has 0 aliphatic carbocycles. The van der Waals surface area contributed by atoms with Crippen molar-refractivity contribution in [2.45, 2.75) is 26.8 Å². The Hall–Kier alpha value is -3.94. The number of methoxy groups -OCH3 is 1. The summed E-state index contributed by atoms with van der Waals surface area (Å²) in [6, 6.07) is 14.5. The summed E-state index contributed by atoms with van der Waals surface area (Å²) in [4.78, 5) is 37.6. The number of rotatable bonds is 7. The minimum Gasteiger partial charge on any atom is -0.465 e. The quantitative estimate of drug-likeness (QED) is 0.572. The van der Waals surface area contributed by atoms with Gasteiger partial charge in [0.05, 0.1) is 30.7 Å². The Balaban J connectivity index is 1.99. The maximum Gasteiger partial charge on any atom is 0.337 e. The Morgan fingerprint density at radius 3 is 2.38 bits per heavy atom. The molecule has 0 aliphatic rings. The number of esters is 2. The van der Waals surface area contributed by atoms with Crippen LogP contribution in [0.4, 0.5) is 0 Å². The van der Waals surface area contributed by atoms with Crippen LogP contribution < -0.4 is 5.32 Å². The summed E-state index contributed by atoms with van der Waals surface area (Å²) in [5, 5.41) is 7.31. The normalized spacial score (nSPS) is 11.5. The molecule has 0 unspecified atom stereocenters. The first-order valence-corrected chi connectivity index (χ1v) is 10.1. The van der Waals surface area contributed by atoms with Gasteiger partial charge >= 0.3 is 11.9 Å². The average molecular weight is 435 g/mol. The van der Waals surface area contributed by atoms with E-state index < -0.39 is 23.9 Å². The first-order valence-electron chi connectivity index (χ1n) is 10.1. The number of carbonyl (C=O) groups is 3. The Morgan fingerprint density at radius 1 is 1.03 bits per heavy atom. The highest BCUT2D eigenvalue weighted by atomic mass is 16.5. The number of hydrogen-bond donors (Lipinski definition) is 1. The third-order valence-corrected chi connectivity index (χ3v) is 4.98. The van der Waals surface area contributed by atoms with Crippen molar-refractivity contribution in [2.75, 3.05) is 13.7 Å². The molecule has 3 rings (SSSR count). The van der Waals surface area contributed by atoms with Crippen LogP contribution in [-0.2, 0) is 14.3 Å². The molecule has 32 heavy (non-hydrogen) atoms. The Bertz CT molecular complexity index is 1140. The molecule has 8 heteroatoms. The number of aromatic nitrogens is 2. The van der Waals surface area contributed by atoms with E-state index in [4.69, 9.17) is 9.47 Å². The highest BCUT2D eigenvalue weighted by molar-refractivity contribution is 5.99. The van der Waals surface area contributed by atoms with Crippen molar-refractivity contribution in [3.63, 3.8) is 0 Å². The molecule has 8 nitrogen and oxygen atoms in total. The predicted octanol–water partition coefficient (Wildman–Crippen LogP) is 3.31. The second-order valence-electron chi connectivity index (χ2n) is 7.06. The Kier molecular flexibility index (Phi) is 7.04. The van der Waals surface area contributed by atoms with E-state index in [1.165, 1.54) is 13.2 Å². The monoisotopic (exact) mass is 435 g/mol. The fourth-order valence-electron chi connectivity index (χ4n) is 3.49. The zero-order valence-electron chi connectivity index (χ0n) is 18.4. The van der Waals surface area contributed by atoms with Crippen molar-refractivity contribution in [3.05, 3.63) is 82.7 Å². The number of benzene rings is 2. The van der Waals surface area contributed by atoms with Gasteiger partial charge in [-0.3, -0.25) is 4.79 Å². The summed E-state index contributed by atoms with van der Waals surface area (Å²) in [7, 11) is 1.27.